The van der Waals surface area contributed by atoms with Crippen LogP contribution in [-0.2, 0) is 16.7 Å². The van der Waals surface area contributed by atoms with Crippen LogP contribution in [0.5, 0.6) is 0 Å². The van der Waals surface area contributed by atoms with Crippen LogP contribution in [0.15, 0.2) is 28.5 Å². The van der Waals surface area contributed by atoms with Crippen LogP contribution < -0.4 is 5.73 Å². The Morgan fingerprint density at radius 2 is 2.11 bits per heavy atom. The Kier molecular flexibility index (Phi) is 5.61. The second-order valence-electron chi connectivity index (χ2n) is 8.91. The Balaban J connectivity index is 2.05. The monoisotopic (exact) mass is 371 g/mol. The minimum absolute atomic E-state index is 0.0719. The lowest BCUT2D eigenvalue weighted by Crippen LogP contribution is -2.54. The van der Waals surface area contributed by atoms with Crippen molar-refractivity contribution in [2.24, 2.45) is 27.4 Å². The summed E-state index contributed by atoms with van der Waals surface area (Å²) in [5.41, 5.74) is 10.1. The van der Waals surface area contributed by atoms with E-state index >= 15 is 0 Å². The van der Waals surface area contributed by atoms with E-state index in [1.54, 1.807) is 0 Å². The molecule has 0 radical (unpaired) electrons. The predicted molar refractivity (Wildman–Crippen MR) is 110 cm³/mol. The average molecular weight is 372 g/mol. The third kappa shape index (κ3) is 3.49. The van der Waals surface area contributed by atoms with Crippen molar-refractivity contribution >= 4 is 11.9 Å². The second-order valence-corrected chi connectivity index (χ2v) is 8.91. The van der Waals surface area contributed by atoms with Gasteiger partial charge in [0.25, 0.3) is 0 Å². The van der Waals surface area contributed by atoms with Crippen LogP contribution in [0.25, 0.3) is 0 Å². The lowest BCUT2D eigenvalue weighted by atomic mass is 9.49. The van der Waals surface area contributed by atoms with Gasteiger partial charge in [0.2, 0.25) is 0 Å². The number of hydrogen-bond acceptors (Lipinski definition) is 5. The van der Waals surface area contributed by atoms with E-state index in [4.69, 9.17) is 10.6 Å². The summed E-state index contributed by atoms with van der Waals surface area (Å²) in [6.45, 7) is 9.82. The van der Waals surface area contributed by atoms with Crippen molar-refractivity contribution in [2.45, 2.75) is 64.7 Å². The summed E-state index contributed by atoms with van der Waals surface area (Å²) in [7, 11) is 0. The maximum atomic E-state index is 9.89. The highest BCUT2D eigenvalue weighted by Crippen LogP contribution is 2.55. The maximum Gasteiger partial charge on any atom is 0.129 e. The average Bonchev–Trinajstić information content (AvgIpc) is 2.64. The number of nitrogens with two attached hydrogens (primary N) is 1. The third-order valence-corrected chi connectivity index (χ3v) is 6.58. The number of benzene rings is 1. The topological polar surface area (TPSA) is 80.2 Å². The first kappa shape index (κ1) is 19.9. The SMILES string of the molecule is CC(C)c1ccc2c(c1)C/C(=N\O)C1[C@@](C)(/C=N/OCCN)CCC[C@]21C. The van der Waals surface area contributed by atoms with E-state index in [9.17, 15) is 5.21 Å². The maximum absolute atomic E-state index is 9.89. The Morgan fingerprint density at radius 1 is 1.33 bits per heavy atom. The molecular formula is C22H33N3O2. The first-order valence-electron chi connectivity index (χ1n) is 10.1. The van der Waals surface area contributed by atoms with Gasteiger partial charge in [-0.15, -0.1) is 0 Å². The van der Waals surface area contributed by atoms with Crippen LogP contribution in [0.4, 0.5) is 0 Å². The Bertz CT molecular complexity index is 743. The largest absolute Gasteiger partial charge is 0.411 e. The van der Waals surface area contributed by atoms with Gasteiger partial charge in [-0.3, -0.25) is 0 Å². The molecule has 1 saturated carbocycles. The lowest BCUT2D eigenvalue weighted by Gasteiger charge is -2.54. The molecule has 1 unspecified atom stereocenters. The molecule has 1 aromatic carbocycles. The molecule has 1 aromatic rings. The van der Waals surface area contributed by atoms with E-state index in [1.807, 2.05) is 6.21 Å². The standard InChI is InChI=1S/C22H33N3O2/c1-15(2)16-6-7-18-17(12-16)13-19(25-26)20-21(3,14-24-27-11-10-23)8-5-9-22(18,20)4/h6-7,12,14-15,20,26H,5,8-11,13,23H2,1-4H3/b24-14+,25-19+/t20?,21-,22-/m1/s1. The predicted octanol–water partition coefficient (Wildman–Crippen LogP) is 4.22. The zero-order chi connectivity index (χ0) is 19.7. The smallest absolute Gasteiger partial charge is 0.129 e. The summed E-state index contributed by atoms with van der Waals surface area (Å²) in [5, 5.41) is 17.9. The van der Waals surface area contributed by atoms with Gasteiger partial charge in [-0.05, 0) is 35.4 Å². The van der Waals surface area contributed by atoms with Gasteiger partial charge < -0.3 is 15.8 Å². The van der Waals surface area contributed by atoms with Crippen molar-refractivity contribution in [1.82, 2.24) is 0 Å². The van der Waals surface area contributed by atoms with E-state index in [0.29, 0.717) is 25.5 Å². The molecule has 0 amide bonds. The highest BCUT2D eigenvalue weighted by Gasteiger charge is 2.54. The van der Waals surface area contributed by atoms with Crippen molar-refractivity contribution < 1.29 is 10.0 Å². The van der Waals surface area contributed by atoms with Gasteiger partial charge >= 0.3 is 0 Å². The highest BCUT2D eigenvalue weighted by molar-refractivity contribution is 5.95. The molecule has 27 heavy (non-hydrogen) atoms. The van der Waals surface area contributed by atoms with Gasteiger partial charge in [-0.25, -0.2) is 0 Å². The Labute approximate surface area is 162 Å². The van der Waals surface area contributed by atoms with E-state index in [0.717, 1.165) is 25.0 Å². The van der Waals surface area contributed by atoms with Gasteiger partial charge in [0.15, 0.2) is 0 Å². The van der Waals surface area contributed by atoms with Gasteiger partial charge in [0.1, 0.15) is 6.61 Å². The first-order chi connectivity index (χ1) is 12.9. The second kappa shape index (κ2) is 7.63. The first-order valence-corrected chi connectivity index (χ1v) is 10.1. The Hall–Kier alpha value is -1.88. The molecule has 5 nitrogen and oxygen atoms in total. The van der Waals surface area contributed by atoms with Crippen LogP contribution >= 0.6 is 0 Å². The van der Waals surface area contributed by atoms with E-state index in [2.05, 4.69) is 56.2 Å². The number of fused-ring (bicyclic) bond motifs is 3. The van der Waals surface area contributed by atoms with Crippen LogP contribution in [0.1, 0.15) is 69.6 Å². The number of nitrogens with zero attached hydrogens (tertiary/aromatic N) is 2. The number of rotatable bonds is 5. The molecule has 5 heteroatoms. The quantitative estimate of drug-likeness (QED) is 0.352. The van der Waals surface area contributed by atoms with Crippen molar-refractivity contribution in [3.05, 3.63) is 34.9 Å². The molecule has 0 bridgehead atoms. The summed E-state index contributed by atoms with van der Waals surface area (Å²) in [4.78, 5) is 5.29. The van der Waals surface area contributed by atoms with Gasteiger partial charge in [0, 0.05) is 29.7 Å². The normalized spacial score (nSPS) is 31.9. The Morgan fingerprint density at radius 3 is 2.78 bits per heavy atom. The zero-order valence-electron chi connectivity index (χ0n) is 17.0. The summed E-state index contributed by atoms with van der Waals surface area (Å²) in [6.07, 6.45) is 5.80. The molecule has 0 spiro atoms. The number of hydrogen-bond donors (Lipinski definition) is 2. The molecule has 0 saturated heterocycles. The molecule has 2 aliphatic carbocycles. The van der Waals surface area contributed by atoms with Crippen molar-refractivity contribution in [1.29, 1.82) is 0 Å². The summed E-state index contributed by atoms with van der Waals surface area (Å²) in [5.74, 6) is 0.588. The van der Waals surface area contributed by atoms with E-state index < -0.39 is 0 Å². The lowest BCUT2D eigenvalue weighted by molar-refractivity contribution is 0.124. The summed E-state index contributed by atoms with van der Waals surface area (Å²) in [6, 6.07) is 6.87. The van der Waals surface area contributed by atoms with Crippen LogP contribution in [0.3, 0.4) is 0 Å². The molecule has 0 heterocycles. The van der Waals surface area contributed by atoms with Gasteiger partial charge in [-0.2, -0.15) is 0 Å². The minimum Gasteiger partial charge on any atom is -0.411 e. The minimum atomic E-state index is -0.211. The fourth-order valence-electron chi connectivity index (χ4n) is 5.36. The van der Waals surface area contributed by atoms with Crippen molar-refractivity contribution in [3.8, 4) is 0 Å². The van der Waals surface area contributed by atoms with Crippen LogP contribution in [0.2, 0.25) is 0 Å². The van der Waals surface area contributed by atoms with Crippen molar-refractivity contribution in [3.63, 3.8) is 0 Å². The summed E-state index contributed by atoms with van der Waals surface area (Å²) >= 11 is 0. The van der Waals surface area contributed by atoms with E-state index in [-0.39, 0.29) is 16.7 Å². The van der Waals surface area contributed by atoms with Gasteiger partial charge in [-0.1, -0.05) is 62.6 Å². The zero-order valence-corrected chi connectivity index (χ0v) is 17.0. The molecule has 3 N–H and O–H groups in total. The molecule has 0 aromatic heterocycles. The number of oxime groups is 2. The molecule has 0 aliphatic heterocycles. The molecule has 148 valence electrons. The third-order valence-electron chi connectivity index (χ3n) is 6.58. The van der Waals surface area contributed by atoms with Crippen LogP contribution in [0, 0.1) is 11.3 Å². The fourth-order valence-corrected chi connectivity index (χ4v) is 5.36. The van der Waals surface area contributed by atoms with Gasteiger partial charge in [0.05, 0.1) is 11.9 Å². The molecule has 3 rings (SSSR count). The molecule has 3 atom stereocenters. The van der Waals surface area contributed by atoms with E-state index in [1.165, 1.54) is 16.7 Å². The highest BCUT2D eigenvalue weighted by atomic mass is 16.6. The fraction of sp³-hybridized carbons (Fsp3) is 0.636. The molecular weight excluding hydrogens is 338 g/mol. The molecule has 1 fully saturated rings. The van der Waals surface area contributed by atoms with Crippen molar-refractivity contribution in [2.75, 3.05) is 13.2 Å². The molecule has 2 aliphatic rings. The van der Waals surface area contributed by atoms with Crippen LogP contribution in [-0.4, -0.2) is 30.3 Å². The summed E-state index contributed by atoms with van der Waals surface area (Å²) < 4.78 is 0.